The van der Waals surface area contributed by atoms with Crippen molar-refractivity contribution in [3.8, 4) is 0 Å². The van der Waals surface area contributed by atoms with Crippen molar-refractivity contribution < 1.29 is 0 Å². The molecule has 1 aliphatic carbocycles. The number of aromatic nitrogens is 3. The van der Waals surface area contributed by atoms with E-state index in [1.165, 1.54) is 32.1 Å². The highest BCUT2D eigenvalue weighted by molar-refractivity contribution is 5.42. The minimum atomic E-state index is 0.308. The number of rotatable bonds is 4. The summed E-state index contributed by atoms with van der Waals surface area (Å²) in [7, 11) is 0. The molecular weight excluding hydrogens is 228 g/mol. The van der Waals surface area contributed by atoms with E-state index in [-0.39, 0.29) is 0 Å². The number of hydrogen-bond donors (Lipinski definition) is 2. The summed E-state index contributed by atoms with van der Waals surface area (Å²) in [6, 6.07) is 0. The number of nitrogen functional groups attached to an aromatic ring is 1. The van der Waals surface area contributed by atoms with Gasteiger partial charge in [-0.3, -0.25) is 0 Å². The van der Waals surface area contributed by atoms with Crippen LogP contribution in [0.25, 0.3) is 0 Å². The van der Waals surface area contributed by atoms with Crippen molar-refractivity contribution in [1.29, 1.82) is 0 Å². The van der Waals surface area contributed by atoms with Gasteiger partial charge in [-0.1, -0.05) is 6.42 Å². The van der Waals surface area contributed by atoms with E-state index in [1.807, 2.05) is 0 Å². The summed E-state index contributed by atoms with van der Waals surface area (Å²) in [4.78, 5) is 15.0. The molecule has 0 radical (unpaired) electrons. The van der Waals surface area contributed by atoms with Gasteiger partial charge in [0, 0.05) is 19.6 Å². The molecule has 0 atom stereocenters. The number of nitrogens with one attached hydrogen (secondary N) is 1. The van der Waals surface area contributed by atoms with Crippen LogP contribution < -0.4 is 16.0 Å². The third kappa shape index (κ3) is 2.47. The zero-order valence-electron chi connectivity index (χ0n) is 10.6. The van der Waals surface area contributed by atoms with Gasteiger partial charge in [-0.2, -0.15) is 15.0 Å². The van der Waals surface area contributed by atoms with E-state index in [0.717, 1.165) is 31.5 Å². The summed E-state index contributed by atoms with van der Waals surface area (Å²) < 4.78 is 0. The topological polar surface area (TPSA) is 80.0 Å². The predicted octanol–water partition coefficient (Wildman–Crippen LogP) is 1.27. The van der Waals surface area contributed by atoms with Crippen LogP contribution >= 0.6 is 0 Å². The Hall–Kier alpha value is -1.59. The highest BCUT2D eigenvalue weighted by Crippen LogP contribution is 2.26. The second kappa shape index (κ2) is 4.96. The Balaban J connectivity index is 1.68. The Morgan fingerprint density at radius 1 is 1.11 bits per heavy atom. The van der Waals surface area contributed by atoms with Gasteiger partial charge in [0.05, 0.1) is 0 Å². The molecule has 0 spiro atoms. The van der Waals surface area contributed by atoms with Crippen molar-refractivity contribution in [2.75, 3.05) is 35.6 Å². The molecule has 3 N–H and O–H groups in total. The van der Waals surface area contributed by atoms with Gasteiger partial charge in [0.2, 0.25) is 17.8 Å². The van der Waals surface area contributed by atoms with Crippen LogP contribution in [-0.2, 0) is 0 Å². The zero-order chi connectivity index (χ0) is 12.4. The van der Waals surface area contributed by atoms with Crippen molar-refractivity contribution >= 4 is 17.8 Å². The van der Waals surface area contributed by atoms with Crippen LogP contribution in [0.1, 0.15) is 32.1 Å². The number of nitrogens with two attached hydrogens (primary N) is 1. The van der Waals surface area contributed by atoms with Gasteiger partial charge < -0.3 is 16.0 Å². The van der Waals surface area contributed by atoms with Crippen LogP contribution in [0.3, 0.4) is 0 Å². The average molecular weight is 248 g/mol. The van der Waals surface area contributed by atoms with E-state index in [2.05, 4.69) is 25.2 Å². The first-order valence-corrected chi connectivity index (χ1v) is 6.81. The minimum Gasteiger partial charge on any atom is -0.368 e. The van der Waals surface area contributed by atoms with E-state index in [1.54, 1.807) is 0 Å². The molecule has 98 valence electrons. The average Bonchev–Trinajstić information content (AvgIpc) is 2.79. The molecule has 1 saturated heterocycles. The van der Waals surface area contributed by atoms with E-state index in [0.29, 0.717) is 11.9 Å². The summed E-state index contributed by atoms with van der Waals surface area (Å²) >= 11 is 0. The first kappa shape index (κ1) is 11.5. The Labute approximate surface area is 107 Å². The molecule has 1 saturated carbocycles. The highest BCUT2D eigenvalue weighted by atomic mass is 15.3. The lowest BCUT2D eigenvalue weighted by Gasteiger charge is -2.25. The highest BCUT2D eigenvalue weighted by Gasteiger charge is 2.19. The summed E-state index contributed by atoms with van der Waals surface area (Å²) in [6.45, 7) is 2.99. The minimum absolute atomic E-state index is 0.308. The van der Waals surface area contributed by atoms with E-state index >= 15 is 0 Å². The van der Waals surface area contributed by atoms with Crippen molar-refractivity contribution in [1.82, 2.24) is 15.0 Å². The van der Waals surface area contributed by atoms with Gasteiger partial charge in [0.1, 0.15) is 0 Å². The first-order chi connectivity index (χ1) is 8.81. The number of nitrogens with zero attached hydrogens (tertiary/aromatic N) is 4. The van der Waals surface area contributed by atoms with Crippen LogP contribution in [0, 0.1) is 5.92 Å². The van der Waals surface area contributed by atoms with Crippen LogP contribution in [0.2, 0.25) is 0 Å². The Bertz CT molecular complexity index is 411. The van der Waals surface area contributed by atoms with Gasteiger partial charge in [-0.05, 0) is 31.6 Å². The molecule has 2 fully saturated rings. The molecule has 0 unspecified atom stereocenters. The van der Waals surface area contributed by atoms with Crippen molar-refractivity contribution in [3.05, 3.63) is 0 Å². The fraction of sp³-hybridized carbons (Fsp3) is 0.750. The van der Waals surface area contributed by atoms with Gasteiger partial charge in [-0.25, -0.2) is 0 Å². The molecule has 0 amide bonds. The maximum absolute atomic E-state index is 5.75. The van der Waals surface area contributed by atoms with E-state index in [4.69, 9.17) is 5.73 Å². The Morgan fingerprint density at radius 3 is 2.56 bits per heavy atom. The zero-order valence-corrected chi connectivity index (χ0v) is 10.6. The predicted molar refractivity (Wildman–Crippen MR) is 71.5 cm³/mol. The third-order valence-corrected chi connectivity index (χ3v) is 3.80. The lowest BCUT2D eigenvalue weighted by Crippen LogP contribution is -2.24. The molecule has 6 nitrogen and oxygen atoms in total. The maximum atomic E-state index is 5.75. The van der Waals surface area contributed by atoms with Crippen LogP contribution in [0.15, 0.2) is 0 Å². The molecular formula is C12H20N6. The third-order valence-electron chi connectivity index (χ3n) is 3.80. The molecule has 2 aliphatic rings. The summed E-state index contributed by atoms with van der Waals surface area (Å²) in [5, 5.41) is 3.28. The van der Waals surface area contributed by atoms with Crippen LogP contribution in [0.5, 0.6) is 0 Å². The second-order valence-electron chi connectivity index (χ2n) is 5.19. The standard InChI is InChI=1S/C12H20N6/c13-10-15-11(14-8-9-4-3-5-9)17-12(16-10)18-6-1-2-7-18/h9H,1-8H2,(H3,13,14,15,16,17). The van der Waals surface area contributed by atoms with Gasteiger partial charge in [0.25, 0.3) is 0 Å². The molecule has 18 heavy (non-hydrogen) atoms. The van der Waals surface area contributed by atoms with Gasteiger partial charge in [-0.15, -0.1) is 0 Å². The Morgan fingerprint density at radius 2 is 1.89 bits per heavy atom. The van der Waals surface area contributed by atoms with Gasteiger partial charge in [0.15, 0.2) is 0 Å². The largest absolute Gasteiger partial charge is 0.368 e. The smallest absolute Gasteiger partial charge is 0.231 e. The molecule has 6 heteroatoms. The van der Waals surface area contributed by atoms with Crippen molar-refractivity contribution in [2.45, 2.75) is 32.1 Å². The lowest BCUT2D eigenvalue weighted by molar-refractivity contribution is 0.333. The number of anilines is 3. The fourth-order valence-corrected chi connectivity index (χ4v) is 2.45. The molecule has 0 aromatic carbocycles. The summed E-state index contributed by atoms with van der Waals surface area (Å²) in [5.74, 6) is 2.42. The SMILES string of the molecule is Nc1nc(NCC2CCC2)nc(N2CCCC2)n1. The van der Waals surface area contributed by atoms with E-state index < -0.39 is 0 Å². The monoisotopic (exact) mass is 248 g/mol. The maximum Gasteiger partial charge on any atom is 0.231 e. The Kier molecular flexibility index (Phi) is 3.17. The molecule has 1 aromatic rings. The number of hydrogen-bond acceptors (Lipinski definition) is 6. The van der Waals surface area contributed by atoms with Gasteiger partial charge >= 0.3 is 0 Å². The molecule has 3 rings (SSSR count). The normalized spacial score (nSPS) is 19.9. The fourth-order valence-electron chi connectivity index (χ4n) is 2.45. The second-order valence-corrected chi connectivity index (χ2v) is 5.19. The van der Waals surface area contributed by atoms with Crippen molar-refractivity contribution in [3.63, 3.8) is 0 Å². The van der Waals surface area contributed by atoms with E-state index in [9.17, 15) is 0 Å². The summed E-state index contributed by atoms with van der Waals surface area (Å²) in [5.41, 5.74) is 5.75. The lowest BCUT2D eigenvalue weighted by atomic mass is 9.85. The molecule has 0 bridgehead atoms. The first-order valence-electron chi connectivity index (χ1n) is 6.81. The quantitative estimate of drug-likeness (QED) is 0.835. The molecule has 1 aliphatic heterocycles. The summed E-state index contributed by atoms with van der Waals surface area (Å²) in [6.07, 6.45) is 6.39. The van der Waals surface area contributed by atoms with Crippen molar-refractivity contribution in [2.24, 2.45) is 5.92 Å². The molecule has 2 heterocycles. The van der Waals surface area contributed by atoms with Crippen LogP contribution in [0.4, 0.5) is 17.8 Å². The molecule has 1 aromatic heterocycles. The van der Waals surface area contributed by atoms with Crippen LogP contribution in [-0.4, -0.2) is 34.6 Å².